The highest BCUT2D eigenvalue weighted by Crippen LogP contribution is 2.27. The van der Waals surface area contributed by atoms with E-state index in [1.165, 1.54) is 38.5 Å². The van der Waals surface area contributed by atoms with E-state index in [9.17, 15) is 13.0 Å². The van der Waals surface area contributed by atoms with Crippen LogP contribution in [0.3, 0.4) is 0 Å². The summed E-state index contributed by atoms with van der Waals surface area (Å²) in [5.41, 5.74) is 0.964. The molecule has 1 N–H and O–H groups in total. The van der Waals surface area contributed by atoms with E-state index in [-0.39, 0.29) is 0 Å². The van der Waals surface area contributed by atoms with Gasteiger partial charge in [-0.3, -0.25) is 4.55 Å². The minimum atomic E-state index is -3.94. The first-order valence-electron chi connectivity index (χ1n) is 8.71. The van der Waals surface area contributed by atoms with Crippen molar-refractivity contribution in [2.24, 2.45) is 0 Å². The van der Waals surface area contributed by atoms with Crippen molar-refractivity contribution < 1.29 is 13.0 Å². The summed E-state index contributed by atoms with van der Waals surface area (Å²) in [5.74, 6) is 0. The van der Waals surface area contributed by atoms with Crippen molar-refractivity contribution in [3.63, 3.8) is 0 Å². The summed E-state index contributed by atoms with van der Waals surface area (Å²) in [6, 6.07) is 0. The maximum Gasteiger partial charge on any atom is 0.271 e. The topological polar surface area (TPSA) is 54.4 Å². The second-order valence-corrected chi connectivity index (χ2v) is 7.89. The van der Waals surface area contributed by atoms with Crippen molar-refractivity contribution in [3.05, 3.63) is 11.6 Å². The Labute approximate surface area is 131 Å². The first-order chi connectivity index (χ1) is 10.1. The van der Waals surface area contributed by atoms with Gasteiger partial charge in [-0.15, -0.1) is 0 Å². The summed E-state index contributed by atoms with van der Waals surface area (Å²) in [7, 11) is -3.94. The minimum Gasteiger partial charge on any atom is -0.285 e. The normalized spacial score (nSPS) is 23.0. The average Bonchev–Trinajstić information content (AvgIpc) is 2.38. The van der Waals surface area contributed by atoms with Gasteiger partial charge in [0.2, 0.25) is 0 Å². The molecule has 0 heterocycles. The summed E-state index contributed by atoms with van der Waals surface area (Å²) < 4.78 is 32.6. The van der Waals surface area contributed by atoms with Gasteiger partial charge in [-0.25, -0.2) is 0 Å². The smallest absolute Gasteiger partial charge is 0.271 e. The fourth-order valence-corrected chi connectivity index (χ4v) is 4.21. The fraction of sp³-hybridized carbons (Fsp3) is 0.882. The fourth-order valence-electron chi connectivity index (χ4n) is 3.14. The molecular weight excluding hydrogens is 284 g/mol. The largest absolute Gasteiger partial charge is 0.285 e. The van der Waals surface area contributed by atoms with Crippen LogP contribution in [-0.4, -0.2) is 18.2 Å². The Hall–Kier alpha value is -0.350. The van der Waals surface area contributed by atoms with E-state index < -0.39 is 15.4 Å². The molecule has 1 atom stereocenters. The molecule has 0 radical (unpaired) electrons. The van der Waals surface area contributed by atoms with Gasteiger partial charge in [0, 0.05) is 0 Å². The van der Waals surface area contributed by atoms with Crippen LogP contribution in [0.4, 0.5) is 0 Å². The Morgan fingerprint density at radius 1 is 1.05 bits per heavy atom. The Balaban J connectivity index is 2.47. The van der Waals surface area contributed by atoms with E-state index in [4.69, 9.17) is 0 Å². The molecule has 3 nitrogen and oxygen atoms in total. The van der Waals surface area contributed by atoms with Crippen molar-refractivity contribution in [2.45, 2.75) is 95.6 Å². The third-order valence-corrected chi connectivity index (χ3v) is 5.68. The van der Waals surface area contributed by atoms with Crippen LogP contribution in [0.5, 0.6) is 0 Å². The number of unbranched alkanes of at least 4 members (excludes halogenated alkanes) is 6. The van der Waals surface area contributed by atoms with Gasteiger partial charge in [0.25, 0.3) is 10.1 Å². The molecule has 0 amide bonds. The lowest BCUT2D eigenvalue weighted by atomic mass is 9.94. The van der Waals surface area contributed by atoms with E-state index in [2.05, 4.69) is 13.0 Å². The summed E-state index contributed by atoms with van der Waals surface area (Å²) in [4.78, 5) is 0. The predicted octanol–water partition coefficient (Wildman–Crippen LogP) is 5.27. The van der Waals surface area contributed by atoms with Crippen LogP contribution in [-0.2, 0) is 10.1 Å². The summed E-state index contributed by atoms with van der Waals surface area (Å²) in [6.45, 7) is 2.22. The van der Waals surface area contributed by atoms with Crippen LogP contribution < -0.4 is 0 Å². The molecule has 1 fully saturated rings. The van der Waals surface area contributed by atoms with Crippen molar-refractivity contribution in [1.82, 2.24) is 0 Å². The highest BCUT2D eigenvalue weighted by Gasteiger charge is 2.27. The number of hydrogen-bond acceptors (Lipinski definition) is 2. The standard InChI is InChI=1S/C17H32O3S/c1-2-3-4-5-6-7-10-13-16-14-11-8-9-12-15-17(16)21(18,19)20/h13,17H,2-12,14-15H2,1H3,(H,18,19,20)/b16-13-. The third kappa shape index (κ3) is 8.01. The molecule has 0 aliphatic heterocycles. The summed E-state index contributed by atoms with van der Waals surface area (Å²) >= 11 is 0. The van der Waals surface area contributed by atoms with Gasteiger partial charge < -0.3 is 0 Å². The molecule has 1 rings (SSSR count). The third-order valence-electron chi connectivity index (χ3n) is 4.42. The van der Waals surface area contributed by atoms with E-state index in [1.54, 1.807) is 0 Å². The van der Waals surface area contributed by atoms with Crippen molar-refractivity contribution >= 4 is 10.1 Å². The molecular formula is C17H32O3S. The van der Waals surface area contributed by atoms with E-state index in [0.29, 0.717) is 6.42 Å². The van der Waals surface area contributed by atoms with Crippen molar-refractivity contribution in [2.75, 3.05) is 0 Å². The van der Waals surface area contributed by atoms with Crippen LogP contribution in [0.1, 0.15) is 90.4 Å². The Kier molecular flexibility index (Phi) is 9.25. The first kappa shape index (κ1) is 18.7. The molecule has 0 aromatic heterocycles. The van der Waals surface area contributed by atoms with Gasteiger partial charge in [-0.2, -0.15) is 8.42 Å². The Morgan fingerprint density at radius 3 is 2.43 bits per heavy atom. The van der Waals surface area contributed by atoms with E-state index in [0.717, 1.165) is 44.1 Å². The van der Waals surface area contributed by atoms with Gasteiger partial charge in [-0.1, -0.05) is 69.9 Å². The molecule has 0 spiro atoms. The lowest BCUT2D eigenvalue weighted by Crippen LogP contribution is -2.24. The molecule has 1 aliphatic rings. The molecule has 1 unspecified atom stereocenters. The highest BCUT2D eigenvalue weighted by atomic mass is 32.2. The van der Waals surface area contributed by atoms with Gasteiger partial charge >= 0.3 is 0 Å². The minimum absolute atomic E-state index is 0.584. The number of allylic oxidation sites excluding steroid dienone is 1. The van der Waals surface area contributed by atoms with Gasteiger partial charge in [0.15, 0.2) is 0 Å². The van der Waals surface area contributed by atoms with E-state index >= 15 is 0 Å². The lowest BCUT2D eigenvalue weighted by molar-refractivity contribution is 0.457. The van der Waals surface area contributed by atoms with Gasteiger partial charge in [-0.05, 0) is 32.1 Å². The lowest BCUT2D eigenvalue weighted by Gasteiger charge is -2.20. The molecule has 0 bridgehead atoms. The van der Waals surface area contributed by atoms with Crippen molar-refractivity contribution in [3.8, 4) is 0 Å². The van der Waals surface area contributed by atoms with Crippen LogP contribution in [0, 0.1) is 0 Å². The second-order valence-electron chi connectivity index (χ2n) is 6.29. The van der Waals surface area contributed by atoms with Gasteiger partial charge in [0.05, 0.1) is 0 Å². The van der Waals surface area contributed by atoms with Crippen LogP contribution in [0.25, 0.3) is 0 Å². The molecule has 21 heavy (non-hydrogen) atoms. The zero-order chi connectivity index (χ0) is 15.6. The van der Waals surface area contributed by atoms with Crippen LogP contribution in [0.2, 0.25) is 0 Å². The zero-order valence-electron chi connectivity index (χ0n) is 13.5. The van der Waals surface area contributed by atoms with Crippen LogP contribution >= 0.6 is 0 Å². The second kappa shape index (κ2) is 10.4. The monoisotopic (exact) mass is 316 g/mol. The molecule has 1 saturated carbocycles. The highest BCUT2D eigenvalue weighted by molar-refractivity contribution is 7.86. The molecule has 124 valence electrons. The molecule has 0 saturated heterocycles. The predicted molar refractivity (Wildman–Crippen MR) is 89.1 cm³/mol. The van der Waals surface area contributed by atoms with Gasteiger partial charge in [0.1, 0.15) is 5.25 Å². The summed E-state index contributed by atoms with van der Waals surface area (Å²) in [5, 5.41) is -0.641. The van der Waals surface area contributed by atoms with Crippen molar-refractivity contribution in [1.29, 1.82) is 0 Å². The number of rotatable bonds is 8. The van der Waals surface area contributed by atoms with E-state index in [1.807, 2.05) is 0 Å². The quantitative estimate of drug-likeness (QED) is 0.377. The van der Waals surface area contributed by atoms with Crippen LogP contribution in [0.15, 0.2) is 11.6 Å². The summed E-state index contributed by atoms with van der Waals surface area (Å²) in [6.07, 6.45) is 16.2. The molecule has 0 aromatic rings. The Morgan fingerprint density at radius 2 is 1.71 bits per heavy atom. The molecule has 1 aliphatic carbocycles. The zero-order valence-corrected chi connectivity index (χ0v) is 14.3. The Bertz CT molecular complexity index is 398. The molecule has 0 aromatic carbocycles. The maximum absolute atomic E-state index is 11.6. The first-order valence-corrected chi connectivity index (χ1v) is 10.2. The SMILES string of the molecule is CCCCCCCC/C=C1/CCCCCCC1S(=O)(=O)O. The molecule has 4 heteroatoms. The number of hydrogen-bond donors (Lipinski definition) is 1. The maximum atomic E-state index is 11.6. The average molecular weight is 317 g/mol.